The molecule has 1 aromatic heterocycles. The molecule has 1 heterocycles. The van der Waals surface area contributed by atoms with E-state index in [4.69, 9.17) is 16.3 Å². The van der Waals surface area contributed by atoms with Crippen molar-refractivity contribution in [2.24, 2.45) is 0 Å². The summed E-state index contributed by atoms with van der Waals surface area (Å²) in [5.74, 6) is 1.47. The van der Waals surface area contributed by atoms with E-state index in [-0.39, 0.29) is 5.75 Å². The minimum Gasteiger partial charge on any atom is -0.507 e. The molecule has 2 aromatic carbocycles. The van der Waals surface area contributed by atoms with E-state index in [9.17, 15) is 5.11 Å². The lowest BCUT2D eigenvalue weighted by Gasteiger charge is -2.09. The Morgan fingerprint density at radius 1 is 1.24 bits per heavy atom. The molecule has 5 heteroatoms. The van der Waals surface area contributed by atoms with Gasteiger partial charge < -0.3 is 14.4 Å². The van der Waals surface area contributed by atoms with Crippen LogP contribution in [0.1, 0.15) is 6.92 Å². The van der Waals surface area contributed by atoms with Gasteiger partial charge in [-0.3, -0.25) is 0 Å². The number of hydrogen-bond acceptors (Lipinski definition) is 3. The third-order valence-electron chi connectivity index (χ3n) is 3.47. The summed E-state index contributed by atoms with van der Waals surface area (Å²) in [5, 5.41) is 10.9. The molecule has 21 heavy (non-hydrogen) atoms. The smallest absolute Gasteiger partial charge is 0.144 e. The molecule has 0 radical (unpaired) electrons. The molecule has 108 valence electrons. The molecule has 3 aromatic rings. The zero-order valence-corrected chi connectivity index (χ0v) is 12.6. The van der Waals surface area contributed by atoms with Crippen molar-refractivity contribution in [2.75, 3.05) is 7.11 Å². The molecule has 0 amide bonds. The maximum atomic E-state index is 10.2. The fourth-order valence-corrected chi connectivity index (χ4v) is 2.62. The highest BCUT2D eigenvalue weighted by Gasteiger charge is 2.15. The predicted molar refractivity (Wildman–Crippen MR) is 84.1 cm³/mol. The van der Waals surface area contributed by atoms with Crippen LogP contribution in [0.15, 0.2) is 36.4 Å². The third kappa shape index (κ3) is 2.32. The van der Waals surface area contributed by atoms with E-state index in [1.165, 1.54) is 0 Å². The lowest BCUT2D eigenvalue weighted by Crippen LogP contribution is -1.97. The van der Waals surface area contributed by atoms with Gasteiger partial charge in [0.25, 0.3) is 0 Å². The van der Waals surface area contributed by atoms with Crippen molar-refractivity contribution in [3.8, 4) is 22.9 Å². The number of phenols is 1. The number of rotatable bonds is 3. The van der Waals surface area contributed by atoms with Crippen molar-refractivity contribution < 1.29 is 9.84 Å². The van der Waals surface area contributed by atoms with Gasteiger partial charge in [-0.1, -0.05) is 11.6 Å². The first kappa shape index (κ1) is 13.8. The molecule has 0 saturated carbocycles. The number of aromatic nitrogens is 2. The average Bonchev–Trinajstić information content (AvgIpc) is 2.84. The van der Waals surface area contributed by atoms with E-state index < -0.39 is 0 Å². The standard InChI is InChI=1S/C16H15ClN2O2/c1-3-19-14-7-4-10(17)8-13(14)18-16(19)12-6-5-11(21-2)9-15(12)20/h4-9,20H,3H2,1-2H3. The van der Waals surface area contributed by atoms with E-state index in [1.807, 2.05) is 35.8 Å². The third-order valence-corrected chi connectivity index (χ3v) is 3.71. The normalized spacial score (nSPS) is 11.0. The number of nitrogens with zero attached hydrogens (tertiary/aromatic N) is 2. The number of methoxy groups -OCH3 is 1. The number of imidazole rings is 1. The van der Waals surface area contributed by atoms with Crippen LogP contribution < -0.4 is 4.74 Å². The Bertz CT molecular complexity index is 811. The fourth-order valence-electron chi connectivity index (χ4n) is 2.46. The van der Waals surface area contributed by atoms with Gasteiger partial charge in [0, 0.05) is 17.6 Å². The summed E-state index contributed by atoms with van der Waals surface area (Å²) in [4.78, 5) is 4.61. The summed E-state index contributed by atoms with van der Waals surface area (Å²) in [5.41, 5.74) is 2.48. The Morgan fingerprint density at radius 3 is 2.71 bits per heavy atom. The lowest BCUT2D eigenvalue weighted by atomic mass is 10.2. The second-order valence-electron chi connectivity index (χ2n) is 4.70. The van der Waals surface area contributed by atoms with Crippen LogP contribution in [0.25, 0.3) is 22.4 Å². The number of aryl methyl sites for hydroxylation is 1. The van der Waals surface area contributed by atoms with Crippen LogP contribution in [0, 0.1) is 0 Å². The Balaban J connectivity index is 2.24. The molecule has 0 spiro atoms. The molecule has 0 saturated heterocycles. The van der Waals surface area contributed by atoms with Gasteiger partial charge in [-0.2, -0.15) is 0 Å². The van der Waals surface area contributed by atoms with Crippen molar-refractivity contribution in [3.05, 3.63) is 41.4 Å². The Kier molecular flexibility index (Phi) is 3.47. The second kappa shape index (κ2) is 5.30. The molecule has 0 fully saturated rings. The Hall–Kier alpha value is -2.20. The van der Waals surface area contributed by atoms with E-state index in [0.717, 1.165) is 23.4 Å². The Labute approximate surface area is 127 Å². The number of hydrogen-bond donors (Lipinski definition) is 1. The van der Waals surface area contributed by atoms with Crippen molar-refractivity contribution in [1.82, 2.24) is 9.55 Å². The molecule has 3 rings (SSSR count). The minimum atomic E-state index is 0.144. The molecular formula is C16H15ClN2O2. The van der Waals surface area contributed by atoms with Crippen molar-refractivity contribution in [1.29, 1.82) is 0 Å². The molecule has 4 nitrogen and oxygen atoms in total. The predicted octanol–water partition coefficient (Wildman–Crippen LogP) is 4.09. The molecule has 0 aliphatic heterocycles. The van der Waals surface area contributed by atoms with Crippen molar-refractivity contribution >= 4 is 22.6 Å². The molecule has 0 aliphatic carbocycles. The summed E-state index contributed by atoms with van der Waals surface area (Å²) in [6.07, 6.45) is 0. The topological polar surface area (TPSA) is 47.3 Å². The average molecular weight is 303 g/mol. The molecule has 0 bridgehead atoms. The molecule has 0 aliphatic rings. The monoisotopic (exact) mass is 302 g/mol. The highest BCUT2D eigenvalue weighted by atomic mass is 35.5. The molecule has 1 N–H and O–H groups in total. The van der Waals surface area contributed by atoms with Gasteiger partial charge in [0.2, 0.25) is 0 Å². The first-order valence-corrected chi connectivity index (χ1v) is 7.05. The van der Waals surface area contributed by atoms with Gasteiger partial charge >= 0.3 is 0 Å². The van der Waals surface area contributed by atoms with E-state index in [0.29, 0.717) is 16.3 Å². The highest BCUT2D eigenvalue weighted by molar-refractivity contribution is 6.31. The number of fused-ring (bicyclic) bond motifs is 1. The summed E-state index contributed by atoms with van der Waals surface area (Å²) in [6, 6.07) is 10.8. The largest absolute Gasteiger partial charge is 0.507 e. The number of phenolic OH excluding ortho intramolecular Hbond substituents is 1. The maximum absolute atomic E-state index is 10.2. The van der Waals surface area contributed by atoms with Crippen LogP contribution in [0.2, 0.25) is 5.02 Å². The van der Waals surface area contributed by atoms with E-state index >= 15 is 0 Å². The number of aromatic hydroxyl groups is 1. The first-order chi connectivity index (χ1) is 10.1. The van der Waals surface area contributed by atoms with E-state index in [1.54, 1.807) is 19.2 Å². The quantitative estimate of drug-likeness (QED) is 0.792. The number of ether oxygens (including phenoxy) is 1. The van der Waals surface area contributed by atoms with Crippen LogP contribution in [0.4, 0.5) is 0 Å². The van der Waals surface area contributed by atoms with E-state index in [2.05, 4.69) is 4.98 Å². The summed E-state index contributed by atoms with van der Waals surface area (Å²) >= 11 is 6.03. The zero-order chi connectivity index (χ0) is 15.0. The van der Waals surface area contributed by atoms with Gasteiger partial charge in [-0.25, -0.2) is 4.98 Å². The van der Waals surface area contributed by atoms with Crippen LogP contribution in [0.3, 0.4) is 0 Å². The molecule has 0 atom stereocenters. The van der Waals surface area contributed by atoms with Gasteiger partial charge in [0.15, 0.2) is 0 Å². The highest BCUT2D eigenvalue weighted by Crippen LogP contribution is 2.34. The number of halogens is 1. The first-order valence-electron chi connectivity index (χ1n) is 6.67. The van der Waals surface area contributed by atoms with Crippen molar-refractivity contribution in [3.63, 3.8) is 0 Å². The SMILES string of the molecule is CCn1c(-c2ccc(OC)cc2O)nc2cc(Cl)ccc21. The maximum Gasteiger partial charge on any atom is 0.144 e. The van der Waals surface area contributed by atoms with Crippen LogP contribution >= 0.6 is 11.6 Å². The molecule has 0 unspecified atom stereocenters. The molecular weight excluding hydrogens is 288 g/mol. The van der Waals surface area contributed by atoms with Gasteiger partial charge in [-0.15, -0.1) is 0 Å². The Morgan fingerprint density at radius 2 is 2.05 bits per heavy atom. The summed E-state index contributed by atoms with van der Waals surface area (Å²) in [7, 11) is 1.57. The minimum absolute atomic E-state index is 0.144. The lowest BCUT2D eigenvalue weighted by molar-refractivity contribution is 0.408. The van der Waals surface area contributed by atoms with Gasteiger partial charge in [0.1, 0.15) is 17.3 Å². The zero-order valence-electron chi connectivity index (χ0n) is 11.8. The van der Waals surface area contributed by atoms with Crippen LogP contribution in [-0.4, -0.2) is 21.8 Å². The van der Waals surface area contributed by atoms with Gasteiger partial charge in [-0.05, 0) is 37.3 Å². The number of benzene rings is 2. The van der Waals surface area contributed by atoms with Crippen LogP contribution in [0.5, 0.6) is 11.5 Å². The fraction of sp³-hybridized carbons (Fsp3) is 0.188. The second-order valence-corrected chi connectivity index (χ2v) is 5.13. The van der Waals surface area contributed by atoms with Gasteiger partial charge in [0.05, 0.1) is 23.7 Å². The van der Waals surface area contributed by atoms with Crippen molar-refractivity contribution in [2.45, 2.75) is 13.5 Å². The summed E-state index contributed by atoms with van der Waals surface area (Å²) in [6.45, 7) is 2.79. The van der Waals surface area contributed by atoms with Crippen LogP contribution in [-0.2, 0) is 6.54 Å². The summed E-state index contributed by atoms with van der Waals surface area (Å²) < 4.78 is 7.16.